The third kappa shape index (κ3) is 4.97. The quantitative estimate of drug-likeness (QED) is 0.696. The summed E-state index contributed by atoms with van der Waals surface area (Å²) >= 11 is 6.23. The summed E-state index contributed by atoms with van der Waals surface area (Å²) in [7, 11) is 0. The number of nitrogens with zero attached hydrogens (tertiary/aromatic N) is 3. The predicted molar refractivity (Wildman–Crippen MR) is 109 cm³/mol. The number of aryl methyl sites for hydroxylation is 1. The fraction of sp³-hybridized carbons (Fsp3) is 0.476. The van der Waals surface area contributed by atoms with Crippen molar-refractivity contribution in [2.45, 2.75) is 46.4 Å². The molecule has 29 heavy (non-hydrogen) atoms. The fourth-order valence-electron chi connectivity index (χ4n) is 3.61. The summed E-state index contributed by atoms with van der Waals surface area (Å²) in [5.41, 5.74) is 2.52. The van der Waals surface area contributed by atoms with Gasteiger partial charge in [-0.1, -0.05) is 29.8 Å². The molecule has 1 fully saturated rings. The molecule has 7 nitrogen and oxygen atoms in total. The first kappa shape index (κ1) is 21.3. The van der Waals surface area contributed by atoms with Gasteiger partial charge in [-0.15, -0.1) is 0 Å². The molecule has 1 aromatic heterocycles. The van der Waals surface area contributed by atoms with Crippen LogP contribution in [0.15, 0.2) is 24.3 Å². The average molecular weight is 420 g/mol. The molecule has 1 amide bonds. The molecule has 0 bridgehead atoms. The maximum Gasteiger partial charge on any atom is 0.342 e. The Morgan fingerprint density at radius 3 is 2.52 bits per heavy atom. The van der Waals surface area contributed by atoms with Gasteiger partial charge in [0.25, 0.3) is 5.91 Å². The second kappa shape index (κ2) is 8.97. The Hall–Kier alpha value is -2.38. The molecule has 2 heterocycles. The van der Waals surface area contributed by atoms with Gasteiger partial charge < -0.3 is 14.4 Å². The molecular weight excluding hydrogens is 394 g/mol. The number of carbonyl (C=O) groups excluding carboxylic acids is 2. The molecule has 0 saturated carbocycles. The number of morpholine rings is 1. The summed E-state index contributed by atoms with van der Waals surface area (Å²) in [6.07, 6.45) is -0.0723. The van der Waals surface area contributed by atoms with Crippen molar-refractivity contribution in [2.24, 2.45) is 0 Å². The Labute approximate surface area is 175 Å². The summed E-state index contributed by atoms with van der Waals surface area (Å²) in [6.45, 7) is 8.53. The van der Waals surface area contributed by atoms with Gasteiger partial charge in [0.2, 0.25) is 0 Å². The Morgan fingerprint density at radius 2 is 1.86 bits per heavy atom. The van der Waals surface area contributed by atoms with E-state index in [1.165, 1.54) is 0 Å². The highest BCUT2D eigenvalue weighted by molar-refractivity contribution is 6.31. The van der Waals surface area contributed by atoms with E-state index in [4.69, 9.17) is 21.1 Å². The number of amides is 1. The largest absolute Gasteiger partial charge is 0.452 e. The van der Waals surface area contributed by atoms with E-state index < -0.39 is 5.97 Å². The number of halogens is 1. The highest BCUT2D eigenvalue weighted by atomic mass is 35.5. The zero-order valence-electron chi connectivity index (χ0n) is 17.1. The van der Waals surface area contributed by atoms with Crippen molar-refractivity contribution in [2.75, 3.05) is 19.7 Å². The first-order valence-electron chi connectivity index (χ1n) is 9.64. The SMILES string of the molecule is Cc1nn(Cc2ccccc2Cl)c(C)c1C(=O)OCC(=O)N1C[C@@H](C)O[C@H](C)C1. The number of rotatable bonds is 5. The van der Waals surface area contributed by atoms with Crippen LogP contribution in [0.3, 0.4) is 0 Å². The van der Waals surface area contributed by atoms with Crippen LogP contribution < -0.4 is 0 Å². The minimum atomic E-state index is -0.548. The second-order valence-electron chi connectivity index (χ2n) is 7.43. The van der Waals surface area contributed by atoms with Gasteiger partial charge in [0, 0.05) is 18.1 Å². The summed E-state index contributed by atoms with van der Waals surface area (Å²) in [5.74, 6) is -0.771. The van der Waals surface area contributed by atoms with Gasteiger partial charge in [0.15, 0.2) is 6.61 Å². The molecule has 1 aromatic carbocycles. The number of hydrogen-bond acceptors (Lipinski definition) is 5. The lowest BCUT2D eigenvalue weighted by molar-refractivity contribution is -0.146. The zero-order valence-corrected chi connectivity index (χ0v) is 17.9. The van der Waals surface area contributed by atoms with E-state index in [0.29, 0.717) is 41.6 Å². The lowest BCUT2D eigenvalue weighted by Gasteiger charge is -2.35. The van der Waals surface area contributed by atoms with Crippen molar-refractivity contribution >= 4 is 23.5 Å². The average Bonchev–Trinajstić information content (AvgIpc) is 2.94. The minimum Gasteiger partial charge on any atom is -0.452 e. The molecule has 1 saturated heterocycles. The van der Waals surface area contributed by atoms with Crippen LogP contribution in [0.4, 0.5) is 0 Å². The molecule has 8 heteroatoms. The van der Waals surface area contributed by atoms with Crippen molar-refractivity contribution in [1.82, 2.24) is 14.7 Å². The number of carbonyl (C=O) groups is 2. The monoisotopic (exact) mass is 419 g/mol. The first-order valence-corrected chi connectivity index (χ1v) is 10.0. The van der Waals surface area contributed by atoms with Crippen molar-refractivity contribution < 1.29 is 19.1 Å². The van der Waals surface area contributed by atoms with Crippen LogP contribution >= 0.6 is 11.6 Å². The smallest absolute Gasteiger partial charge is 0.342 e. The number of ether oxygens (including phenoxy) is 2. The third-order valence-electron chi connectivity index (χ3n) is 4.96. The molecular formula is C21H26ClN3O4. The molecule has 2 aromatic rings. The van der Waals surface area contributed by atoms with Crippen molar-refractivity contribution in [3.05, 3.63) is 51.8 Å². The number of hydrogen-bond donors (Lipinski definition) is 0. The highest BCUT2D eigenvalue weighted by Gasteiger charge is 2.27. The predicted octanol–water partition coefficient (Wildman–Crippen LogP) is 2.99. The summed E-state index contributed by atoms with van der Waals surface area (Å²) in [5, 5.41) is 5.09. The highest BCUT2D eigenvalue weighted by Crippen LogP contribution is 2.20. The Morgan fingerprint density at radius 1 is 1.21 bits per heavy atom. The Kier molecular flexibility index (Phi) is 6.59. The van der Waals surface area contributed by atoms with Crippen LogP contribution in [-0.2, 0) is 20.8 Å². The van der Waals surface area contributed by atoms with Crippen molar-refractivity contribution in [3.63, 3.8) is 0 Å². The van der Waals surface area contributed by atoms with Gasteiger partial charge in [0.05, 0.1) is 30.1 Å². The number of esters is 1. The number of aromatic nitrogens is 2. The minimum absolute atomic E-state index is 0.0362. The topological polar surface area (TPSA) is 73.7 Å². The second-order valence-corrected chi connectivity index (χ2v) is 7.83. The molecule has 0 unspecified atom stereocenters. The van der Waals surface area contributed by atoms with Crippen LogP contribution in [-0.4, -0.2) is 58.5 Å². The van der Waals surface area contributed by atoms with E-state index in [9.17, 15) is 9.59 Å². The normalized spacial score (nSPS) is 19.3. The first-order chi connectivity index (χ1) is 13.8. The van der Waals surface area contributed by atoms with E-state index >= 15 is 0 Å². The lowest BCUT2D eigenvalue weighted by atomic mass is 10.2. The van der Waals surface area contributed by atoms with Gasteiger partial charge in [-0.25, -0.2) is 4.79 Å². The van der Waals surface area contributed by atoms with E-state index in [2.05, 4.69) is 5.10 Å². The molecule has 156 valence electrons. The lowest BCUT2D eigenvalue weighted by Crippen LogP contribution is -2.49. The molecule has 0 aliphatic carbocycles. The van der Waals surface area contributed by atoms with E-state index in [1.807, 2.05) is 38.1 Å². The van der Waals surface area contributed by atoms with E-state index in [-0.39, 0.29) is 24.7 Å². The van der Waals surface area contributed by atoms with Gasteiger partial charge in [-0.05, 0) is 39.3 Å². The molecule has 0 radical (unpaired) electrons. The van der Waals surface area contributed by atoms with Crippen molar-refractivity contribution in [3.8, 4) is 0 Å². The number of benzene rings is 1. The fourth-order valence-corrected chi connectivity index (χ4v) is 3.80. The Bertz CT molecular complexity index is 901. The van der Waals surface area contributed by atoms with Gasteiger partial charge in [-0.3, -0.25) is 9.48 Å². The van der Waals surface area contributed by atoms with Crippen LogP contribution in [0.25, 0.3) is 0 Å². The van der Waals surface area contributed by atoms with Gasteiger partial charge in [0.1, 0.15) is 5.56 Å². The molecule has 1 aliphatic rings. The molecule has 3 rings (SSSR count). The van der Waals surface area contributed by atoms with Crippen molar-refractivity contribution in [1.29, 1.82) is 0 Å². The summed E-state index contributed by atoms with van der Waals surface area (Å²) in [6, 6.07) is 7.50. The maximum atomic E-state index is 12.6. The van der Waals surface area contributed by atoms with Crippen LogP contribution in [0.2, 0.25) is 5.02 Å². The molecule has 0 spiro atoms. The summed E-state index contributed by atoms with van der Waals surface area (Å²) in [4.78, 5) is 26.7. The molecule has 0 N–H and O–H groups in total. The third-order valence-corrected chi connectivity index (χ3v) is 5.33. The molecule has 2 atom stereocenters. The van der Waals surface area contributed by atoms with Crippen LogP contribution in [0, 0.1) is 13.8 Å². The van der Waals surface area contributed by atoms with E-state index in [0.717, 1.165) is 5.56 Å². The summed E-state index contributed by atoms with van der Waals surface area (Å²) < 4.78 is 12.7. The van der Waals surface area contributed by atoms with Gasteiger partial charge in [-0.2, -0.15) is 5.10 Å². The zero-order chi connectivity index (χ0) is 21.1. The van der Waals surface area contributed by atoms with E-state index in [1.54, 1.807) is 23.4 Å². The Balaban J connectivity index is 1.66. The van der Waals surface area contributed by atoms with Gasteiger partial charge >= 0.3 is 5.97 Å². The maximum absolute atomic E-state index is 12.6. The standard InChI is InChI=1S/C21H26ClN3O4/c1-13-9-24(10-14(2)29-13)19(26)12-28-21(27)20-15(3)23-25(16(20)4)11-17-7-5-6-8-18(17)22/h5-8,13-14H,9-12H2,1-4H3/t13-,14-/m1/s1. The molecule has 1 aliphatic heterocycles. The van der Waals surface area contributed by atoms with Crippen LogP contribution in [0.1, 0.15) is 41.2 Å². The van der Waals surface area contributed by atoms with Crippen LogP contribution in [0.5, 0.6) is 0 Å².